The second kappa shape index (κ2) is 7.09. The fraction of sp³-hybridized carbons (Fsp3) is 0.250. The van der Waals surface area contributed by atoms with Gasteiger partial charge in [0.15, 0.2) is 0 Å². The normalized spacial score (nSPS) is 14.4. The Morgan fingerprint density at radius 1 is 0.923 bits per heavy atom. The summed E-state index contributed by atoms with van der Waals surface area (Å²) in [5.74, 6) is 0.0281. The van der Waals surface area contributed by atoms with Gasteiger partial charge in [-0.05, 0) is 12.1 Å². The highest BCUT2D eigenvalue weighted by Crippen LogP contribution is 2.29. The second-order valence-electron chi connectivity index (χ2n) is 6.24. The number of carbonyl (C=O) groups is 1. The van der Waals surface area contributed by atoms with Crippen molar-refractivity contribution in [1.29, 1.82) is 0 Å². The minimum atomic E-state index is 0.0281. The molecule has 6 nitrogen and oxygen atoms in total. The first-order valence-corrected chi connectivity index (χ1v) is 8.66. The molecule has 2 heterocycles. The van der Waals surface area contributed by atoms with Crippen LogP contribution in [0.4, 0.5) is 0 Å². The first-order valence-electron chi connectivity index (χ1n) is 8.66. The van der Waals surface area contributed by atoms with E-state index in [0.29, 0.717) is 31.9 Å². The lowest BCUT2D eigenvalue weighted by atomic mass is 10.0. The molecule has 0 unspecified atom stereocenters. The van der Waals surface area contributed by atoms with Crippen LogP contribution in [0.1, 0.15) is 10.4 Å². The third-order valence-corrected chi connectivity index (χ3v) is 4.44. The van der Waals surface area contributed by atoms with Crippen molar-refractivity contribution in [2.24, 2.45) is 7.05 Å². The van der Waals surface area contributed by atoms with E-state index in [0.717, 1.165) is 22.5 Å². The Morgan fingerprint density at radius 3 is 2.31 bits per heavy atom. The standard InChI is InChI=1S/C20H20N4O2/c1-23-21-18(15-6-3-2-4-7-15)19(22-23)16-8-5-9-17(14-16)20(25)24-10-12-26-13-11-24/h2-9,14H,10-13H2,1H3. The number of morpholine rings is 1. The van der Waals surface area contributed by atoms with E-state index in [9.17, 15) is 4.79 Å². The molecule has 0 saturated carbocycles. The van der Waals surface area contributed by atoms with Crippen molar-refractivity contribution in [2.75, 3.05) is 26.3 Å². The maximum absolute atomic E-state index is 12.8. The maximum atomic E-state index is 12.8. The molecule has 6 heteroatoms. The lowest BCUT2D eigenvalue weighted by Gasteiger charge is -2.27. The Labute approximate surface area is 152 Å². The predicted octanol–water partition coefficient (Wildman–Crippen LogP) is 2.62. The smallest absolute Gasteiger partial charge is 0.254 e. The largest absolute Gasteiger partial charge is 0.378 e. The minimum absolute atomic E-state index is 0.0281. The van der Waals surface area contributed by atoms with Gasteiger partial charge in [0.25, 0.3) is 5.91 Å². The monoisotopic (exact) mass is 348 g/mol. The number of aryl methyl sites for hydroxylation is 1. The van der Waals surface area contributed by atoms with E-state index in [1.807, 2.05) is 59.5 Å². The third kappa shape index (κ3) is 3.23. The summed E-state index contributed by atoms with van der Waals surface area (Å²) >= 11 is 0. The predicted molar refractivity (Wildman–Crippen MR) is 98.6 cm³/mol. The molecule has 26 heavy (non-hydrogen) atoms. The van der Waals surface area contributed by atoms with Crippen LogP contribution < -0.4 is 0 Å². The van der Waals surface area contributed by atoms with Crippen molar-refractivity contribution in [3.63, 3.8) is 0 Å². The van der Waals surface area contributed by atoms with Gasteiger partial charge in [-0.3, -0.25) is 4.79 Å². The highest BCUT2D eigenvalue weighted by molar-refractivity contribution is 5.96. The van der Waals surface area contributed by atoms with E-state index in [1.54, 1.807) is 11.8 Å². The van der Waals surface area contributed by atoms with Crippen LogP contribution in [-0.4, -0.2) is 52.1 Å². The van der Waals surface area contributed by atoms with Crippen molar-refractivity contribution < 1.29 is 9.53 Å². The van der Waals surface area contributed by atoms with E-state index in [1.165, 1.54) is 0 Å². The molecule has 0 aliphatic carbocycles. The summed E-state index contributed by atoms with van der Waals surface area (Å²) < 4.78 is 5.33. The second-order valence-corrected chi connectivity index (χ2v) is 6.24. The topological polar surface area (TPSA) is 60.2 Å². The van der Waals surface area contributed by atoms with Gasteiger partial charge in [0, 0.05) is 36.8 Å². The highest BCUT2D eigenvalue weighted by Gasteiger charge is 2.20. The fourth-order valence-electron chi connectivity index (χ4n) is 3.14. The molecule has 1 aliphatic rings. The van der Waals surface area contributed by atoms with Crippen molar-refractivity contribution in [3.8, 4) is 22.5 Å². The molecule has 0 spiro atoms. The first-order chi connectivity index (χ1) is 12.7. The van der Waals surface area contributed by atoms with Gasteiger partial charge in [-0.1, -0.05) is 42.5 Å². The molecule has 1 fully saturated rings. The molecule has 1 aromatic heterocycles. The van der Waals surface area contributed by atoms with E-state index < -0.39 is 0 Å². The molecular formula is C20H20N4O2. The zero-order valence-corrected chi connectivity index (χ0v) is 14.6. The van der Waals surface area contributed by atoms with Crippen molar-refractivity contribution in [3.05, 3.63) is 60.2 Å². The van der Waals surface area contributed by atoms with E-state index >= 15 is 0 Å². The molecule has 4 rings (SSSR count). The summed E-state index contributed by atoms with van der Waals surface area (Å²) in [6, 6.07) is 17.6. The van der Waals surface area contributed by atoms with Crippen LogP contribution in [0.2, 0.25) is 0 Å². The van der Waals surface area contributed by atoms with Gasteiger partial charge in [-0.25, -0.2) is 0 Å². The molecule has 0 atom stereocenters. The number of carbonyl (C=O) groups excluding carboxylic acids is 1. The van der Waals surface area contributed by atoms with Gasteiger partial charge in [-0.15, -0.1) is 0 Å². The summed E-state index contributed by atoms with van der Waals surface area (Å²) in [7, 11) is 1.80. The Morgan fingerprint density at radius 2 is 1.58 bits per heavy atom. The third-order valence-electron chi connectivity index (χ3n) is 4.44. The summed E-state index contributed by atoms with van der Waals surface area (Å²) in [5, 5.41) is 9.05. The van der Waals surface area contributed by atoms with Gasteiger partial charge in [0.05, 0.1) is 13.2 Å². The van der Waals surface area contributed by atoms with Crippen molar-refractivity contribution >= 4 is 5.91 Å². The molecule has 0 N–H and O–H groups in total. The lowest BCUT2D eigenvalue weighted by molar-refractivity contribution is 0.0303. The Balaban J connectivity index is 1.70. The zero-order valence-electron chi connectivity index (χ0n) is 14.6. The quantitative estimate of drug-likeness (QED) is 0.730. The number of ether oxygens (including phenoxy) is 1. The number of aromatic nitrogens is 3. The molecular weight excluding hydrogens is 328 g/mol. The summed E-state index contributed by atoms with van der Waals surface area (Å²) in [6.45, 7) is 2.44. The molecule has 0 radical (unpaired) electrons. The van der Waals surface area contributed by atoms with Crippen LogP contribution in [0.5, 0.6) is 0 Å². The van der Waals surface area contributed by atoms with Gasteiger partial charge in [0.1, 0.15) is 11.4 Å². The average molecular weight is 348 g/mol. The van der Waals surface area contributed by atoms with Crippen LogP contribution in [-0.2, 0) is 11.8 Å². The number of rotatable bonds is 3. The molecule has 1 amide bonds. The van der Waals surface area contributed by atoms with Crippen molar-refractivity contribution in [1.82, 2.24) is 19.9 Å². The summed E-state index contributed by atoms with van der Waals surface area (Å²) in [6.07, 6.45) is 0. The van der Waals surface area contributed by atoms with E-state index in [4.69, 9.17) is 4.74 Å². The van der Waals surface area contributed by atoms with Crippen LogP contribution in [0.3, 0.4) is 0 Å². The summed E-state index contributed by atoms with van der Waals surface area (Å²) in [5.41, 5.74) is 4.13. The van der Waals surface area contributed by atoms with E-state index in [-0.39, 0.29) is 5.91 Å². The Hall–Kier alpha value is -2.99. The van der Waals surface area contributed by atoms with Crippen LogP contribution in [0, 0.1) is 0 Å². The SMILES string of the molecule is Cn1nc(-c2ccccc2)c(-c2cccc(C(=O)N3CCOCC3)c2)n1. The Kier molecular flexibility index (Phi) is 4.50. The van der Waals surface area contributed by atoms with Crippen molar-refractivity contribution in [2.45, 2.75) is 0 Å². The van der Waals surface area contributed by atoms with E-state index in [2.05, 4.69) is 10.2 Å². The number of nitrogens with zero attached hydrogens (tertiary/aromatic N) is 4. The lowest BCUT2D eigenvalue weighted by Crippen LogP contribution is -2.40. The van der Waals surface area contributed by atoms with Gasteiger partial charge in [0.2, 0.25) is 0 Å². The van der Waals surface area contributed by atoms with Gasteiger partial charge < -0.3 is 9.64 Å². The van der Waals surface area contributed by atoms with Crippen LogP contribution in [0.15, 0.2) is 54.6 Å². The molecule has 1 aliphatic heterocycles. The molecule has 1 saturated heterocycles. The fourth-order valence-corrected chi connectivity index (χ4v) is 3.14. The van der Waals surface area contributed by atoms with Crippen LogP contribution >= 0.6 is 0 Å². The van der Waals surface area contributed by atoms with Gasteiger partial charge >= 0.3 is 0 Å². The Bertz CT molecular complexity index is 915. The number of benzene rings is 2. The van der Waals surface area contributed by atoms with Gasteiger partial charge in [-0.2, -0.15) is 15.0 Å². The molecule has 3 aromatic rings. The maximum Gasteiger partial charge on any atom is 0.254 e. The zero-order chi connectivity index (χ0) is 17.9. The number of amides is 1. The minimum Gasteiger partial charge on any atom is -0.378 e. The highest BCUT2D eigenvalue weighted by atomic mass is 16.5. The number of hydrogen-bond acceptors (Lipinski definition) is 4. The molecule has 132 valence electrons. The molecule has 0 bridgehead atoms. The first kappa shape index (κ1) is 16.5. The van der Waals surface area contributed by atoms with Crippen LogP contribution in [0.25, 0.3) is 22.5 Å². The molecule has 2 aromatic carbocycles. The average Bonchev–Trinajstić information content (AvgIpc) is 3.11. The summed E-state index contributed by atoms with van der Waals surface area (Å²) in [4.78, 5) is 16.2. The number of hydrogen-bond donors (Lipinski definition) is 0.